The van der Waals surface area contributed by atoms with Crippen LogP contribution in [-0.4, -0.2) is 54.2 Å². The van der Waals surface area contributed by atoms with Gasteiger partial charge >= 0.3 is 0 Å². The Kier molecular flexibility index (Phi) is 6.07. The van der Waals surface area contributed by atoms with Crippen LogP contribution in [0.4, 0.5) is 5.69 Å². The van der Waals surface area contributed by atoms with Gasteiger partial charge in [0.1, 0.15) is 10.3 Å². The average Bonchev–Trinajstić information content (AvgIpc) is 3.43. The van der Waals surface area contributed by atoms with E-state index in [0.717, 1.165) is 46.2 Å². The summed E-state index contributed by atoms with van der Waals surface area (Å²) in [6.07, 6.45) is 2.97. The Bertz CT molecular complexity index is 1500. The molecule has 0 radical (unpaired) electrons. The minimum Gasteiger partial charge on any atom is -0.363 e. The Morgan fingerprint density at radius 1 is 1.26 bits per heavy atom. The van der Waals surface area contributed by atoms with E-state index in [1.807, 2.05) is 6.92 Å². The summed E-state index contributed by atoms with van der Waals surface area (Å²) < 4.78 is 3.30. The molecule has 0 bridgehead atoms. The molecule has 182 valence electrons. The fourth-order valence-corrected chi connectivity index (χ4v) is 5.95. The molecule has 0 N–H and O–H groups in total. The lowest BCUT2D eigenvalue weighted by atomic mass is 10.0. The molecule has 0 aliphatic carbocycles. The van der Waals surface area contributed by atoms with Gasteiger partial charge in [0, 0.05) is 44.3 Å². The number of pyridine rings is 1. The molecular weight excluding hydrogens is 460 g/mol. The number of rotatable bonds is 5. The monoisotopic (exact) mass is 490 g/mol. The number of anilines is 1. The minimum absolute atomic E-state index is 0.0955. The molecule has 1 aliphatic heterocycles. The van der Waals surface area contributed by atoms with Crippen LogP contribution in [0.2, 0.25) is 0 Å². The molecule has 35 heavy (non-hydrogen) atoms. The average molecular weight is 491 g/mol. The third-order valence-electron chi connectivity index (χ3n) is 7.10. The van der Waals surface area contributed by atoms with Crippen molar-refractivity contribution < 1.29 is 0 Å². The number of imidazole rings is 1. The molecule has 1 saturated heterocycles. The Hall–Kier alpha value is -3.29. The van der Waals surface area contributed by atoms with E-state index in [-0.39, 0.29) is 24.1 Å². The van der Waals surface area contributed by atoms with Gasteiger partial charge in [-0.05, 0) is 39.3 Å². The third kappa shape index (κ3) is 4.09. The number of hydrogen-bond donors (Lipinski definition) is 0. The van der Waals surface area contributed by atoms with Crippen LogP contribution < -0.4 is 10.5 Å². The van der Waals surface area contributed by atoms with Crippen LogP contribution in [-0.2, 0) is 13.5 Å². The van der Waals surface area contributed by atoms with Crippen LogP contribution in [0.15, 0.2) is 29.2 Å². The van der Waals surface area contributed by atoms with E-state index in [1.54, 1.807) is 35.2 Å². The zero-order valence-corrected chi connectivity index (χ0v) is 21.6. The van der Waals surface area contributed by atoms with Crippen molar-refractivity contribution in [1.29, 1.82) is 5.26 Å². The van der Waals surface area contributed by atoms with Gasteiger partial charge in [-0.25, -0.2) is 24.1 Å². The summed E-state index contributed by atoms with van der Waals surface area (Å²) in [7, 11) is 1.73. The summed E-state index contributed by atoms with van der Waals surface area (Å²) in [6, 6.07) is 8.63. The smallest absolute Gasteiger partial charge is 0.267 e. The topological polar surface area (TPSA) is 95.3 Å². The summed E-state index contributed by atoms with van der Waals surface area (Å²) in [5.41, 5.74) is 4.14. The number of nitrogens with zero attached hydrogens (tertiary/aromatic N) is 8. The molecule has 4 aromatic heterocycles. The number of piperazine rings is 1. The highest BCUT2D eigenvalue weighted by Crippen LogP contribution is 2.33. The van der Waals surface area contributed by atoms with Gasteiger partial charge in [-0.2, -0.15) is 5.26 Å². The van der Waals surface area contributed by atoms with E-state index < -0.39 is 0 Å². The first-order valence-electron chi connectivity index (χ1n) is 12.0. The first kappa shape index (κ1) is 23.5. The number of aromatic nitrogens is 5. The van der Waals surface area contributed by atoms with Gasteiger partial charge in [-0.1, -0.05) is 18.3 Å². The van der Waals surface area contributed by atoms with E-state index in [2.05, 4.69) is 53.8 Å². The van der Waals surface area contributed by atoms with Crippen molar-refractivity contribution in [3.8, 4) is 6.07 Å². The van der Waals surface area contributed by atoms with Gasteiger partial charge < -0.3 is 4.90 Å². The predicted molar refractivity (Wildman–Crippen MR) is 138 cm³/mol. The van der Waals surface area contributed by atoms with Gasteiger partial charge in [-0.15, -0.1) is 0 Å². The molecule has 0 spiro atoms. The fourth-order valence-electron chi connectivity index (χ4n) is 5.16. The van der Waals surface area contributed by atoms with E-state index >= 15 is 0 Å². The highest BCUT2D eigenvalue weighted by Gasteiger charge is 2.35. The number of hydrogen-bond acceptors (Lipinski definition) is 8. The lowest BCUT2D eigenvalue weighted by Crippen LogP contribution is -2.58. The minimum atomic E-state index is -0.0955. The van der Waals surface area contributed by atoms with Crippen molar-refractivity contribution in [2.75, 3.05) is 18.0 Å². The number of nitriles is 1. The second kappa shape index (κ2) is 9.06. The quantitative estimate of drug-likeness (QED) is 0.423. The molecule has 9 nitrogen and oxygen atoms in total. The maximum Gasteiger partial charge on any atom is 0.267 e. The van der Waals surface area contributed by atoms with Crippen molar-refractivity contribution in [2.24, 2.45) is 7.05 Å². The van der Waals surface area contributed by atoms with Crippen molar-refractivity contribution in [1.82, 2.24) is 29.0 Å². The van der Waals surface area contributed by atoms with E-state index in [1.165, 1.54) is 4.68 Å². The Labute approximate surface area is 208 Å². The van der Waals surface area contributed by atoms with Crippen molar-refractivity contribution in [3.05, 3.63) is 51.1 Å². The fraction of sp³-hybridized carbons (Fsp3) is 0.480. The normalized spacial score (nSPS) is 19.9. The van der Waals surface area contributed by atoms with Gasteiger partial charge in [0.05, 0.1) is 40.8 Å². The first-order valence-corrected chi connectivity index (χ1v) is 12.8. The van der Waals surface area contributed by atoms with Crippen molar-refractivity contribution in [3.63, 3.8) is 0 Å². The molecular formula is C25H30N8OS. The summed E-state index contributed by atoms with van der Waals surface area (Å²) >= 11 is 1.63. The Morgan fingerprint density at radius 3 is 2.80 bits per heavy atom. The summed E-state index contributed by atoms with van der Waals surface area (Å²) in [6.45, 7) is 10.3. The molecule has 5 heterocycles. The van der Waals surface area contributed by atoms with E-state index in [0.29, 0.717) is 17.4 Å². The van der Waals surface area contributed by atoms with Gasteiger partial charge in [0.2, 0.25) is 0 Å². The number of aryl methyl sites for hydroxylation is 2. The zero-order chi connectivity index (χ0) is 24.9. The second-order valence-corrected chi connectivity index (χ2v) is 10.5. The van der Waals surface area contributed by atoms with Gasteiger partial charge in [0.25, 0.3) is 5.56 Å². The van der Waals surface area contributed by atoms with Crippen molar-refractivity contribution >= 4 is 33.0 Å². The largest absolute Gasteiger partial charge is 0.363 e. The molecule has 5 rings (SSSR count). The van der Waals surface area contributed by atoms with Gasteiger partial charge in [0.15, 0.2) is 5.65 Å². The SMILES string of the molecule is CC[C@@H]1CN(c2cc(=O)n(C)n3cc(CC#N)nc23)[C@@H](C)CN1C(C)c1ccc2nc(C)sc2n1. The standard InChI is InChI=1S/C25H30N8OS/c1-6-19-14-31(22-11-23(34)30(5)33-13-18(9-10-26)28-24(22)33)15(2)12-32(19)16(3)20-7-8-21-25(29-20)35-17(4)27-21/h7-8,11,13,15-16,19H,6,9,12,14H2,1-5H3/t15-,16?,19+/m0/s1. The molecule has 3 atom stereocenters. The predicted octanol–water partition coefficient (Wildman–Crippen LogP) is 3.46. The van der Waals surface area contributed by atoms with Crippen LogP contribution in [0.5, 0.6) is 0 Å². The van der Waals surface area contributed by atoms with Crippen LogP contribution in [0.25, 0.3) is 16.0 Å². The lowest BCUT2D eigenvalue weighted by Gasteiger charge is -2.48. The Balaban J connectivity index is 1.48. The zero-order valence-electron chi connectivity index (χ0n) is 20.8. The second-order valence-electron chi connectivity index (χ2n) is 9.36. The lowest BCUT2D eigenvalue weighted by molar-refractivity contribution is 0.104. The van der Waals surface area contributed by atoms with Crippen LogP contribution in [0.1, 0.15) is 49.6 Å². The molecule has 0 saturated carbocycles. The molecule has 1 fully saturated rings. The molecule has 0 amide bonds. The number of fused-ring (bicyclic) bond motifs is 2. The first-order chi connectivity index (χ1) is 16.8. The molecule has 4 aromatic rings. The van der Waals surface area contributed by atoms with Crippen molar-refractivity contribution in [2.45, 2.75) is 58.7 Å². The molecule has 0 aromatic carbocycles. The molecule has 1 aliphatic rings. The summed E-state index contributed by atoms with van der Waals surface area (Å²) in [4.78, 5) is 32.8. The highest BCUT2D eigenvalue weighted by molar-refractivity contribution is 7.18. The van der Waals surface area contributed by atoms with E-state index in [9.17, 15) is 4.79 Å². The van der Waals surface area contributed by atoms with Gasteiger partial charge in [-0.3, -0.25) is 9.69 Å². The summed E-state index contributed by atoms with van der Waals surface area (Å²) in [5.74, 6) is 0. The highest BCUT2D eigenvalue weighted by atomic mass is 32.1. The third-order valence-corrected chi connectivity index (χ3v) is 7.98. The van der Waals surface area contributed by atoms with Crippen LogP contribution >= 0.6 is 11.3 Å². The number of thiazole rings is 1. The maximum atomic E-state index is 12.8. The molecule has 1 unspecified atom stereocenters. The van der Waals surface area contributed by atoms with Crippen LogP contribution in [0, 0.1) is 18.3 Å². The maximum absolute atomic E-state index is 12.8. The Morgan fingerprint density at radius 2 is 2.06 bits per heavy atom. The summed E-state index contributed by atoms with van der Waals surface area (Å²) in [5, 5.41) is 10.2. The van der Waals surface area contributed by atoms with E-state index in [4.69, 9.17) is 15.2 Å². The van der Waals surface area contributed by atoms with Crippen LogP contribution in [0.3, 0.4) is 0 Å². The molecule has 10 heteroatoms.